The maximum atomic E-state index is 5.66. The molecule has 1 fully saturated rings. The molecule has 1 N–H and O–H groups in total. The van der Waals surface area contributed by atoms with E-state index in [1.807, 2.05) is 20.8 Å². The molecule has 0 aromatic heterocycles. The average molecular weight is 245 g/mol. The summed E-state index contributed by atoms with van der Waals surface area (Å²) >= 11 is 0. The predicted octanol–water partition coefficient (Wildman–Crippen LogP) is 2.63. The van der Waals surface area contributed by atoms with E-state index in [0.29, 0.717) is 25.9 Å². The van der Waals surface area contributed by atoms with E-state index in [2.05, 4.69) is 5.32 Å². The van der Waals surface area contributed by atoms with Gasteiger partial charge in [0.15, 0.2) is 0 Å². The Kier molecular flexibility index (Phi) is 7.04. The van der Waals surface area contributed by atoms with Crippen molar-refractivity contribution in [1.82, 2.24) is 5.32 Å². The Morgan fingerprint density at radius 3 is 1.76 bits per heavy atom. The Bertz CT molecular complexity index is 176. The second-order valence-electron chi connectivity index (χ2n) is 4.33. The summed E-state index contributed by atoms with van der Waals surface area (Å²) in [6, 6.07) is 0.438. The molecule has 0 atom stereocenters. The van der Waals surface area contributed by atoms with Gasteiger partial charge < -0.3 is 14.2 Å². The summed E-state index contributed by atoms with van der Waals surface area (Å²) in [7, 11) is 0. The van der Waals surface area contributed by atoms with Crippen molar-refractivity contribution in [3.8, 4) is 0 Å². The van der Waals surface area contributed by atoms with Gasteiger partial charge in [0.25, 0.3) is 0 Å². The highest BCUT2D eigenvalue weighted by Gasteiger charge is 2.35. The van der Waals surface area contributed by atoms with Gasteiger partial charge in [0.2, 0.25) is 0 Å². The van der Waals surface area contributed by atoms with Crippen LogP contribution in [0.1, 0.15) is 52.9 Å². The van der Waals surface area contributed by atoms with Gasteiger partial charge in [-0.3, -0.25) is 0 Å². The summed E-state index contributed by atoms with van der Waals surface area (Å²) in [6.45, 7) is 7.57. The molecule has 0 unspecified atom stereocenters. The minimum atomic E-state index is -1.04. The van der Waals surface area contributed by atoms with Crippen molar-refractivity contribution >= 4 is 0 Å². The lowest BCUT2D eigenvalue weighted by Gasteiger charge is -2.37. The lowest BCUT2D eigenvalue weighted by atomic mass is 9.96. The molecule has 102 valence electrons. The molecule has 17 heavy (non-hydrogen) atoms. The first-order chi connectivity index (χ1) is 8.26. The van der Waals surface area contributed by atoms with E-state index in [4.69, 9.17) is 14.2 Å². The molecule has 0 radical (unpaired) electrons. The standard InChI is InChI=1S/C13H27NO3/c1-4-15-13(16-5-2,17-6-3)14-12-10-8-7-9-11-12/h12,14H,4-11H2,1-3H3. The maximum Gasteiger partial charge on any atom is 0.351 e. The Hall–Kier alpha value is -0.160. The number of ether oxygens (including phenoxy) is 3. The normalized spacial score (nSPS) is 18.5. The summed E-state index contributed by atoms with van der Waals surface area (Å²) in [6.07, 6.45) is 5.20. The third kappa shape index (κ3) is 4.92. The van der Waals surface area contributed by atoms with Gasteiger partial charge in [0.05, 0.1) is 19.8 Å². The van der Waals surface area contributed by atoms with Crippen molar-refractivity contribution in [1.29, 1.82) is 0 Å². The van der Waals surface area contributed by atoms with Crippen LogP contribution in [0.4, 0.5) is 0 Å². The first-order valence-electron chi connectivity index (χ1n) is 6.95. The highest BCUT2D eigenvalue weighted by atomic mass is 16.9. The zero-order chi connectivity index (χ0) is 12.6. The largest absolute Gasteiger partial charge is 0.351 e. The van der Waals surface area contributed by atoms with Gasteiger partial charge in [-0.1, -0.05) is 19.3 Å². The van der Waals surface area contributed by atoms with Crippen LogP contribution in [0.5, 0.6) is 0 Å². The molecule has 0 aromatic carbocycles. The van der Waals surface area contributed by atoms with Crippen LogP contribution < -0.4 is 5.32 Å². The van der Waals surface area contributed by atoms with E-state index in [1.165, 1.54) is 32.1 Å². The molecular formula is C13H27NO3. The quantitative estimate of drug-likeness (QED) is 0.667. The van der Waals surface area contributed by atoms with Crippen LogP contribution in [0.3, 0.4) is 0 Å². The van der Waals surface area contributed by atoms with Crippen LogP contribution in [-0.4, -0.2) is 32.0 Å². The number of rotatable bonds is 8. The number of nitrogens with one attached hydrogen (secondary N) is 1. The van der Waals surface area contributed by atoms with Crippen LogP contribution >= 0.6 is 0 Å². The minimum Gasteiger partial charge on any atom is -0.314 e. The van der Waals surface area contributed by atoms with Crippen molar-refractivity contribution < 1.29 is 14.2 Å². The van der Waals surface area contributed by atoms with E-state index in [-0.39, 0.29) is 0 Å². The summed E-state index contributed by atoms with van der Waals surface area (Å²) in [5.41, 5.74) is 0. The van der Waals surface area contributed by atoms with E-state index in [9.17, 15) is 0 Å². The Labute approximate surface area is 105 Å². The monoisotopic (exact) mass is 245 g/mol. The first-order valence-corrected chi connectivity index (χ1v) is 6.95. The van der Waals surface area contributed by atoms with E-state index in [0.717, 1.165) is 0 Å². The Balaban J connectivity index is 2.57. The third-order valence-corrected chi connectivity index (χ3v) is 2.99. The summed E-state index contributed by atoms with van der Waals surface area (Å²) < 4.78 is 17.0. The number of hydrogen-bond donors (Lipinski definition) is 1. The highest BCUT2D eigenvalue weighted by molar-refractivity contribution is 4.74. The lowest BCUT2D eigenvalue weighted by molar-refractivity contribution is -0.397. The van der Waals surface area contributed by atoms with Crippen LogP contribution in [0, 0.1) is 0 Å². The molecule has 0 bridgehead atoms. The van der Waals surface area contributed by atoms with Gasteiger partial charge in [-0.25, -0.2) is 5.32 Å². The molecule has 0 spiro atoms. The molecule has 0 saturated heterocycles. The molecule has 0 amide bonds. The molecular weight excluding hydrogens is 218 g/mol. The van der Waals surface area contributed by atoms with Crippen molar-refractivity contribution in [2.24, 2.45) is 0 Å². The molecule has 1 rings (SSSR count). The fourth-order valence-corrected chi connectivity index (χ4v) is 2.32. The molecule has 1 saturated carbocycles. The van der Waals surface area contributed by atoms with Crippen molar-refractivity contribution in [2.45, 2.75) is 65.0 Å². The molecule has 0 heterocycles. The van der Waals surface area contributed by atoms with E-state index < -0.39 is 6.10 Å². The van der Waals surface area contributed by atoms with Crippen LogP contribution in [-0.2, 0) is 14.2 Å². The van der Waals surface area contributed by atoms with E-state index in [1.54, 1.807) is 0 Å². The van der Waals surface area contributed by atoms with Gasteiger partial charge in [-0.15, -0.1) is 0 Å². The Morgan fingerprint density at radius 1 is 0.882 bits per heavy atom. The van der Waals surface area contributed by atoms with Gasteiger partial charge >= 0.3 is 6.10 Å². The SMILES string of the molecule is CCOC(NC1CCCCC1)(OCC)OCC. The second kappa shape index (κ2) is 8.03. The predicted molar refractivity (Wildman–Crippen MR) is 67.6 cm³/mol. The van der Waals surface area contributed by atoms with Crippen LogP contribution in [0.15, 0.2) is 0 Å². The molecule has 1 aliphatic rings. The fourth-order valence-electron chi connectivity index (χ4n) is 2.32. The third-order valence-electron chi connectivity index (χ3n) is 2.99. The summed E-state index contributed by atoms with van der Waals surface area (Å²) in [5.74, 6) is 0. The lowest BCUT2D eigenvalue weighted by Crippen LogP contribution is -2.56. The molecule has 1 aliphatic carbocycles. The fraction of sp³-hybridized carbons (Fsp3) is 1.00. The van der Waals surface area contributed by atoms with Gasteiger partial charge in [0, 0.05) is 6.04 Å². The van der Waals surface area contributed by atoms with Gasteiger partial charge in [-0.2, -0.15) is 0 Å². The van der Waals surface area contributed by atoms with Crippen molar-refractivity contribution in [3.05, 3.63) is 0 Å². The Morgan fingerprint density at radius 2 is 1.35 bits per heavy atom. The summed E-state index contributed by atoms with van der Waals surface area (Å²) in [4.78, 5) is 0. The average Bonchev–Trinajstić information content (AvgIpc) is 2.31. The van der Waals surface area contributed by atoms with Gasteiger partial charge in [-0.05, 0) is 33.6 Å². The first kappa shape index (κ1) is 14.9. The van der Waals surface area contributed by atoms with Gasteiger partial charge in [0.1, 0.15) is 0 Å². The molecule has 0 aliphatic heterocycles. The summed E-state index contributed by atoms with van der Waals surface area (Å²) in [5, 5.41) is 3.41. The molecule has 0 aromatic rings. The number of hydrogen-bond acceptors (Lipinski definition) is 4. The zero-order valence-corrected chi connectivity index (χ0v) is 11.5. The zero-order valence-electron chi connectivity index (χ0n) is 11.5. The smallest absolute Gasteiger partial charge is 0.314 e. The topological polar surface area (TPSA) is 39.7 Å². The maximum absolute atomic E-state index is 5.66. The molecule has 4 nitrogen and oxygen atoms in total. The molecule has 4 heteroatoms. The highest BCUT2D eigenvalue weighted by Crippen LogP contribution is 2.22. The van der Waals surface area contributed by atoms with Crippen molar-refractivity contribution in [2.75, 3.05) is 19.8 Å². The van der Waals surface area contributed by atoms with E-state index >= 15 is 0 Å². The second-order valence-corrected chi connectivity index (χ2v) is 4.33. The minimum absolute atomic E-state index is 0.438. The van der Waals surface area contributed by atoms with Crippen LogP contribution in [0.2, 0.25) is 0 Å². The van der Waals surface area contributed by atoms with Crippen molar-refractivity contribution in [3.63, 3.8) is 0 Å². The van der Waals surface area contributed by atoms with Crippen LogP contribution in [0.25, 0.3) is 0 Å².